The minimum Gasteiger partial charge on any atom is -0.459 e. The van der Waals surface area contributed by atoms with E-state index in [0.29, 0.717) is 30.8 Å². The van der Waals surface area contributed by atoms with Gasteiger partial charge in [-0.3, -0.25) is 14.4 Å². The highest BCUT2D eigenvalue weighted by Gasteiger charge is 2.52. The first-order valence-electron chi connectivity index (χ1n) is 23.7. The Hall–Kier alpha value is -4.05. The molecule has 0 radical (unpaired) electrons. The minimum absolute atomic E-state index is 0.108. The highest BCUT2D eigenvalue weighted by Crippen LogP contribution is 2.42. The second-order valence-corrected chi connectivity index (χ2v) is 21.9. The number of amides is 1. The number of hydrogen-bond donors (Lipinski definition) is 3. The fourth-order valence-corrected chi connectivity index (χ4v) is 11.1. The van der Waals surface area contributed by atoms with Gasteiger partial charge in [0.25, 0.3) is 0 Å². The highest BCUT2D eigenvalue weighted by atomic mass is 32.2. The Labute approximate surface area is 399 Å². The van der Waals surface area contributed by atoms with Crippen LogP contribution in [0.15, 0.2) is 45.5 Å². The van der Waals surface area contributed by atoms with E-state index >= 15 is 0 Å². The van der Waals surface area contributed by atoms with Crippen molar-refractivity contribution in [2.45, 2.75) is 166 Å². The summed E-state index contributed by atoms with van der Waals surface area (Å²) in [5.41, 5.74) is -1.07. The molecule has 4 heterocycles. The van der Waals surface area contributed by atoms with E-state index in [9.17, 15) is 42.6 Å². The van der Waals surface area contributed by atoms with Gasteiger partial charge >= 0.3 is 5.97 Å². The van der Waals surface area contributed by atoms with E-state index in [1.165, 1.54) is 30.7 Å². The number of Topliss-reactive ketones (excluding diaryl/α,β-unsaturated/α-hetero) is 1. The summed E-state index contributed by atoms with van der Waals surface area (Å²) in [4.78, 5) is 48.0. The van der Waals surface area contributed by atoms with Gasteiger partial charge in [0, 0.05) is 55.9 Å². The SMILES string of the molecule is CC[C@H]1OC(=O)[C@H](C)C(=O)[C@H](C)[C@@H](O[C@@H]2O[C@H](C)C[C@H](N(C)CCc3cn([C@H](CF)Cc4ccc(S(C)(=O)=O)cc4)nn3)[C@H]2O)[C@@]2(C)C[C@@H](C)/C(=N\C(C)=O)[C@H](C)[C@@H](CC/C(=N\O)CO2)[C@]1(C)O. The molecule has 3 saturated heterocycles. The number of benzene rings is 1. The third-order valence-electron chi connectivity index (χ3n) is 14.5. The summed E-state index contributed by atoms with van der Waals surface area (Å²) >= 11 is 0. The van der Waals surface area contributed by atoms with E-state index in [0.717, 1.165) is 11.8 Å². The summed E-state index contributed by atoms with van der Waals surface area (Å²) in [6.45, 7) is 14.6. The van der Waals surface area contributed by atoms with Gasteiger partial charge in [-0.1, -0.05) is 50.2 Å². The molecule has 20 heteroatoms. The number of rotatable bonds is 12. The second kappa shape index (κ2) is 22.8. The molecule has 1 amide bonds. The average Bonchev–Trinajstić information content (AvgIpc) is 3.76. The number of fused-ring (bicyclic) bond motifs is 5. The van der Waals surface area contributed by atoms with E-state index in [1.54, 1.807) is 46.0 Å². The molecule has 0 unspecified atom stereocenters. The Kier molecular flexibility index (Phi) is 18.4. The molecule has 2 bridgehead atoms. The maximum absolute atomic E-state index is 14.6. The van der Waals surface area contributed by atoms with Crippen molar-refractivity contribution in [3.8, 4) is 0 Å². The number of aliphatic imine (C=N–C) groups is 1. The van der Waals surface area contributed by atoms with E-state index in [4.69, 9.17) is 18.9 Å². The van der Waals surface area contributed by atoms with Crippen LogP contribution in [0.2, 0.25) is 0 Å². The summed E-state index contributed by atoms with van der Waals surface area (Å²) in [6.07, 6.45) is -0.705. The van der Waals surface area contributed by atoms with Gasteiger partial charge < -0.3 is 39.3 Å². The standard InChI is InChI=1S/C48H73FN6O12S/c1-12-40-48(9,60)38-18-15-35(52-61)26-64-47(8,23-27(2)41(29(38)4)50-32(7)56)44(30(5)42(57)31(6)45(59)66-40)67-46-43(58)39(21-28(3)65-46)54(10)20-19-34-25-55(53-51-34)36(24-49)22-33-13-16-37(17-14-33)68(11,62)63/h13-14,16-17,25,27-31,36,38-40,43-44,46,58,60-61H,12,15,18-24,26H2,1-11H3/b50-41+,52-35+/t27-,28-,29-,30+,31-,36+,38-,39+,40-,43-,44-,46+,47-,48+/m1/s1. The number of nitrogens with zero attached hydrogens (tertiary/aromatic N) is 6. The number of carbonyl (C=O) groups is 3. The van der Waals surface area contributed by atoms with Crippen molar-refractivity contribution in [1.82, 2.24) is 19.9 Å². The maximum Gasteiger partial charge on any atom is 0.316 e. The molecule has 3 N–H and O–H groups in total. The monoisotopic (exact) mass is 976 g/mol. The number of esters is 1. The smallest absolute Gasteiger partial charge is 0.316 e. The normalized spacial score (nSPS) is 35.4. The molecule has 14 atom stereocenters. The molecule has 0 aliphatic carbocycles. The second-order valence-electron chi connectivity index (χ2n) is 19.8. The quantitative estimate of drug-likeness (QED) is 0.113. The molecule has 3 fully saturated rings. The van der Waals surface area contributed by atoms with Crippen LogP contribution in [-0.4, -0.2) is 154 Å². The lowest BCUT2D eigenvalue weighted by Gasteiger charge is -2.48. The zero-order chi connectivity index (χ0) is 50.5. The van der Waals surface area contributed by atoms with Crippen LogP contribution >= 0.6 is 0 Å². The number of oxime groups is 1. The van der Waals surface area contributed by atoms with Crippen LogP contribution in [0.4, 0.5) is 4.39 Å². The molecule has 5 rings (SSSR count). The summed E-state index contributed by atoms with van der Waals surface area (Å²) < 4.78 is 65.5. The number of cyclic esters (lactones) is 1. The molecule has 0 spiro atoms. The predicted molar refractivity (Wildman–Crippen MR) is 250 cm³/mol. The lowest BCUT2D eigenvalue weighted by Crippen LogP contribution is -2.60. The van der Waals surface area contributed by atoms with Crippen molar-refractivity contribution in [3.63, 3.8) is 0 Å². The summed E-state index contributed by atoms with van der Waals surface area (Å²) in [6, 6.07) is 5.10. The van der Waals surface area contributed by atoms with Gasteiger partial charge in [-0.2, -0.15) is 0 Å². The number of ketones is 1. The van der Waals surface area contributed by atoms with Crippen molar-refractivity contribution >= 4 is 38.9 Å². The Morgan fingerprint density at radius 3 is 2.40 bits per heavy atom. The highest BCUT2D eigenvalue weighted by molar-refractivity contribution is 7.90. The van der Waals surface area contributed by atoms with Crippen molar-refractivity contribution in [2.75, 3.05) is 33.1 Å². The van der Waals surface area contributed by atoms with Crippen LogP contribution in [0.1, 0.15) is 112 Å². The van der Waals surface area contributed by atoms with Crippen molar-refractivity contribution in [3.05, 3.63) is 41.7 Å². The third kappa shape index (κ3) is 12.8. The van der Waals surface area contributed by atoms with Gasteiger partial charge in [0.2, 0.25) is 5.91 Å². The summed E-state index contributed by atoms with van der Waals surface area (Å²) in [5.74, 6) is -5.94. The number of aliphatic hydroxyl groups is 2. The zero-order valence-corrected chi connectivity index (χ0v) is 42.2. The first-order chi connectivity index (χ1) is 31.8. The van der Waals surface area contributed by atoms with Gasteiger partial charge in [0.15, 0.2) is 21.9 Å². The van der Waals surface area contributed by atoms with Gasteiger partial charge in [0.05, 0.1) is 46.8 Å². The fraction of sp³-hybridized carbons (Fsp3) is 0.729. The number of likely N-dealkylation sites (N-methyl/N-ethyl adjacent to an activating group) is 1. The minimum atomic E-state index is -3.38. The van der Waals surface area contributed by atoms with Crippen LogP contribution in [0, 0.1) is 29.6 Å². The lowest BCUT2D eigenvalue weighted by molar-refractivity contribution is -0.296. The number of alkyl halides is 1. The largest absolute Gasteiger partial charge is 0.459 e. The predicted octanol–water partition coefficient (Wildman–Crippen LogP) is 4.75. The van der Waals surface area contributed by atoms with Crippen LogP contribution in [0.25, 0.3) is 0 Å². The molecule has 3 aliphatic heterocycles. The van der Waals surface area contributed by atoms with Gasteiger partial charge in [-0.25, -0.2) is 22.5 Å². The van der Waals surface area contributed by atoms with Gasteiger partial charge in [-0.05, 0) is 103 Å². The Bertz CT molecular complexity index is 2240. The zero-order valence-electron chi connectivity index (χ0n) is 41.4. The fourth-order valence-electron chi connectivity index (χ4n) is 10.5. The molecule has 68 heavy (non-hydrogen) atoms. The van der Waals surface area contributed by atoms with Crippen LogP contribution in [0.5, 0.6) is 0 Å². The van der Waals surface area contributed by atoms with E-state index in [2.05, 4.69) is 20.5 Å². The maximum atomic E-state index is 14.6. The summed E-state index contributed by atoms with van der Waals surface area (Å²) in [5, 5.41) is 46.8. The van der Waals surface area contributed by atoms with Crippen molar-refractivity contribution in [2.24, 2.45) is 39.7 Å². The number of sulfone groups is 1. The topological polar surface area (TPSA) is 242 Å². The van der Waals surface area contributed by atoms with Gasteiger partial charge in [0.1, 0.15) is 30.4 Å². The molecule has 2 aromatic rings. The molecule has 1 aromatic heterocycles. The van der Waals surface area contributed by atoms with Crippen LogP contribution in [0.3, 0.4) is 0 Å². The van der Waals surface area contributed by atoms with Crippen molar-refractivity contribution in [1.29, 1.82) is 0 Å². The van der Waals surface area contributed by atoms with Crippen LogP contribution in [-0.2, 0) is 56.0 Å². The van der Waals surface area contributed by atoms with Crippen molar-refractivity contribution < 1.29 is 61.6 Å². The molecule has 3 aliphatic rings. The Balaban J connectivity index is 1.44. The van der Waals surface area contributed by atoms with E-state index < -0.39 is 118 Å². The molecule has 1 aromatic carbocycles. The van der Waals surface area contributed by atoms with Gasteiger partial charge in [-0.15, -0.1) is 5.10 Å². The number of hydrogen-bond acceptors (Lipinski definition) is 16. The molecular formula is C48H73FN6O12S. The first kappa shape index (κ1) is 54.9. The first-order valence-corrected chi connectivity index (χ1v) is 25.6. The number of aromatic nitrogens is 3. The summed E-state index contributed by atoms with van der Waals surface area (Å²) in [7, 11) is -1.53. The molecule has 0 saturated carbocycles. The number of halogens is 1. The molecule has 380 valence electrons. The van der Waals surface area contributed by atoms with Crippen LogP contribution < -0.4 is 0 Å². The Morgan fingerprint density at radius 1 is 1.12 bits per heavy atom. The lowest BCUT2D eigenvalue weighted by atomic mass is 9.68. The number of aliphatic hydroxyl groups excluding tert-OH is 1. The molecular weight excluding hydrogens is 904 g/mol. The van der Waals surface area contributed by atoms with E-state index in [1.807, 2.05) is 32.7 Å². The molecule has 18 nitrogen and oxygen atoms in total. The average molecular weight is 977 g/mol. The number of ether oxygens (including phenoxy) is 4. The van der Waals surface area contributed by atoms with E-state index in [-0.39, 0.29) is 49.3 Å². The Morgan fingerprint density at radius 2 is 1.79 bits per heavy atom. The third-order valence-corrected chi connectivity index (χ3v) is 15.6. The number of carbonyl (C=O) groups excluding carboxylic acids is 3.